The lowest BCUT2D eigenvalue weighted by atomic mass is 9.77. The number of nitrogens with zero attached hydrogens (tertiary/aromatic N) is 2. The Morgan fingerprint density at radius 3 is 2.37 bits per heavy atom. The van der Waals surface area contributed by atoms with E-state index in [1.54, 1.807) is 12.1 Å². The van der Waals surface area contributed by atoms with E-state index in [9.17, 15) is 24.3 Å². The summed E-state index contributed by atoms with van der Waals surface area (Å²) in [6, 6.07) is 24.3. The summed E-state index contributed by atoms with van der Waals surface area (Å²) in [6.07, 6.45) is 14.9. The summed E-state index contributed by atoms with van der Waals surface area (Å²) in [5.74, 6) is 0.849. The van der Waals surface area contributed by atoms with E-state index in [1.165, 1.54) is 36.0 Å². The van der Waals surface area contributed by atoms with Gasteiger partial charge in [0.05, 0.1) is 25.2 Å². The number of fused-ring (bicyclic) bond motifs is 4. The Kier molecular flexibility index (Phi) is 16.2. The number of phosphoric ester groups is 1. The van der Waals surface area contributed by atoms with Crippen LogP contribution in [0.5, 0.6) is 5.75 Å². The first kappa shape index (κ1) is 44.8. The van der Waals surface area contributed by atoms with Gasteiger partial charge in [-0.1, -0.05) is 92.8 Å². The van der Waals surface area contributed by atoms with Crippen molar-refractivity contribution in [2.75, 3.05) is 52.5 Å². The lowest BCUT2D eigenvalue weighted by Crippen LogP contribution is -2.64. The van der Waals surface area contributed by atoms with Crippen molar-refractivity contribution in [1.82, 2.24) is 10.2 Å². The van der Waals surface area contributed by atoms with Gasteiger partial charge in [-0.05, 0) is 98.2 Å². The molecule has 3 atom stereocenters. The minimum atomic E-state index is -4.83. The number of phosphoric acid groups is 1. The Morgan fingerprint density at radius 1 is 0.850 bits per heavy atom. The molecule has 3 unspecified atom stereocenters. The van der Waals surface area contributed by atoms with E-state index >= 15 is 0 Å². The minimum absolute atomic E-state index is 0.0406. The van der Waals surface area contributed by atoms with Gasteiger partial charge in [-0.15, -0.1) is 0 Å². The first-order valence-corrected chi connectivity index (χ1v) is 24.5. The molecule has 5 aliphatic rings. The predicted octanol–water partition coefficient (Wildman–Crippen LogP) is 8.81. The maximum atomic E-state index is 14.2. The number of nitrogens with one attached hydrogen (secondary N) is 1. The Balaban J connectivity index is 0.892. The third-order valence-electron chi connectivity index (χ3n) is 13.7. The van der Waals surface area contributed by atoms with Gasteiger partial charge in [0.25, 0.3) is 0 Å². The highest BCUT2D eigenvalue weighted by Gasteiger charge is 2.49. The Morgan fingerprint density at radius 2 is 1.58 bits per heavy atom. The molecule has 3 aromatic carbocycles. The quantitative estimate of drug-likeness (QED) is 0.0471. The minimum Gasteiger partial charge on any atom is -0.440 e. The van der Waals surface area contributed by atoms with Crippen molar-refractivity contribution in [1.29, 1.82) is 0 Å². The molecule has 3 aromatic rings. The number of benzene rings is 3. The zero-order valence-corrected chi connectivity index (χ0v) is 36.4. The third kappa shape index (κ3) is 12.4. The predicted molar refractivity (Wildman–Crippen MR) is 233 cm³/mol. The van der Waals surface area contributed by atoms with Gasteiger partial charge < -0.3 is 33.8 Å². The molecule has 4 heterocycles. The van der Waals surface area contributed by atoms with Gasteiger partial charge >= 0.3 is 13.9 Å². The molecule has 1 saturated carbocycles. The van der Waals surface area contributed by atoms with E-state index in [-0.39, 0.29) is 29.9 Å². The zero-order valence-electron chi connectivity index (χ0n) is 35.5. The summed E-state index contributed by atoms with van der Waals surface area (Å²) in [5.41, 5.74) is 5.31. The van der Waals surface area contributed by atoms with Gasteiger partial charge in [-0.2, -0.15) is 0 Å². The van der Waals surface area contributed by atoms with E-state index in [4.69, 9.17) is 14.0 Å². The van der Waals surface area contributed by atoms with Crippen LogP contribution in [0.1, 0.15) is 123 Å². The number of aliphatic hydroxyl groups is 1. The second-order valence-electron chi connectivity index (χ2n) is 18.0. The van der Waals surface area contributed by atoms with Gasteiger partial charge in [-0.3, -0.25) is 9.79 Å². The van der Waals surface area contributed by atoms with Crippen LogP contribution in [-0.2, 0) is 33.4 Å². The molecular weight excluding hydrogens is 778 g/mol. The number of unbranched alkanes of at least 4 members (excludes halogenated alkanes) is 4. The summed E-state index contributed by atoms with van der Waals surface area (Å²) in [4.78, 5) is 35.9. The maximum absolute atomic E-state index is 14.2. The van der Waals surface area contributed by atoms with Crippen LogP contribution in [0.25, 0.3) is 0 Å². The molecule has 11 nitrogen and oxygen atoms in total. The number of aryl methyl sites for hydroxylation is 1. The topological polar surface area (TPSA) is 138 Å². The number of hydrogen-bond donors (Lipinski definition) is 4. The molecule has 1 amide bonds. The summed E-state index contributed by atoms with van der Waals surface area (Å²) in [7, 11) is -4.83. The molecular formula is C48H69N3O8P+. The first-order chi connectivity index (χ1) is 29.2. The molecule has 1 aliphatic carbocycles. The fourth-order valence-corrected chi connectivity index (χ4v) is 10.9. The van der Waals surface area contributed by atoms with Gasteiger partial charge in [-0.25, -0.2) is 9.36 Å². The number of ether oxygens (including phenoxy) is 2. The van der Waals surface area contributed by atoms with Crippen LogP contribution in [0.3, 0.4) is 0 Å². The van der Waals surface area contributed by atoms with Crippen LogP contribution >= 0.6 is 7.82 Å². The van der Waals surface area contributed by atoms with E-state index in [0.29, 0.717) is 47.7 Å². The molecule has 4 N–H and O–H groups in total. The highest BCUT2D eigenvalue weighted by atomic mass is 31.2. The van der Waals surface area contributed by atoms with Crippen LogP contribution in [0.15, 0.2) is 72.8 Å². The first-order valence-electron chi connectivity index (χ1n) is 22.9. The number of carbonyl (C=O) groups is 1. The van der Waals surface area contributed by atoms with Crippen molar-refractivity contribution >= 4 is 13.9 Å². The summed E-state index contributed by atoms with van der Waals surface area (Å²) in [6.45, 7) is 6.28. The Bertz CT molecular complexity index is 1840. The van der Waals surface area contributed by atoms with E-state index in [1.807, 2.05) is 11.0 Å². The lowest BCUT2D eigenvalue weighted by Gasteiger charge is -2.52. The molecule has 0 aromatic heterocycles. The van der Waals surface area contributed by atoms with Crippen molar-refractivity contribution in [3.05, 3.63) is 101 Å². The SMILES string of the molecule is O=C(OC1C[N+]2(Cc3cc(C(O)CNCCCCCCOCCCCc4ccccc4)ccc3OP(=O)(O)O)CCC1CC2)N1CCc2ccccc2C1C1CCCCC1. The molecule has 328 valence electrons. The average molecular weight is 847 g/mol. The summed E-state index contributed by atoms with van der Waals surface area (Å²) >= 11 is 0. The normalized spacial score (nSPS) is 23.6. The van der Waals surface area contributed by atoms with Gasteiger partial charge in [0, 0.05) is 50.6 Å². The highest BCUT2D eigenvalue weighted by Crippen LogP contribution is 2.45. The smallest absolute Gasteiger partial charge is 0.440 e. The summed E-state index contributed by atoms with van der Waals surface area (Å²) in [5, 5.41) is 14.6. The fourth-order valence-electron chi connectivity index (χ4n) is 10.5. The maximum Gasteiger partial charge on any atom is 0.524 e. The zero-order chi connectivity index (χ0) is 41.8. The molecule has 4 aliphatic heterocycles. The number of carbonyl (C=O) groups excluding carboxylic acids is 1. The lowest BCUT2D eigenvalue weighted by molar-refractivity contribution is -0.958. The number of quaternary nitrogens is 1. The van der Waals surface area contributed by atoms with E-state index in [0.717, 1.165) is 110 Å². The monoisotopic (exact) mass is 846 g/mol. The van der Waals surface area contributed by atoms with Crippen molar-refractivity contribution in [3.63, 3.8) is 0 Å². The Labute approximate surface area is 357 Å². The average Bonchev–Trinajstić information content (AvgIpc) is 3.26. The largest absolute Gasteiger partial charge is 0.524 e. The molecule has 60 heavy (non-hydrogen) atoms. The van der Waals surface area contributed by atoms with Crippen LogP contribution in [0.4, 0.5) is 4.79 Å². The fraction of sp³-hybridized carbons (Fsp3) is 0.604. The molecule has 4 fully saturated rings. The van der Waals surface area contributed by atoms with E-state index in [2.05, 4.69) is 59.9 Å². The molecule has 12 heteroatoms. The van der Waals surface area contributed by atoms with Crippen LogP contribution in [-0.4, -0.2) is 89.0 Å². The highest BCUT2D eigenvalue weighted by molar-refractivity contribution is 7.46. The number of amides is 1. The van der Waals surface area contributed by atoms with Crippen LogP contribution in [0, 0.1) is 11.8 Å². The number of hydrogen-bond acceptors (Lipinski definition) is 7. The number of aliphatic hydroxyl groups excluding tert-OH is 1. The van der Waals surface area contributed by atoms with Crippen molar-refractivity contribution in [2.45, 2.75) is 121 Å². The number of rotatable bonds is 21. The number of piperidine rings is 3. The second-order valence-corrected chi connectivity index (χ2v) is 19.2. The second kappa shape index (κ2) is 21.7. The molecule has 0 spiro atoms. The van der Waals surface area contributed by atoms with Crippen molar-refractivity contribution in [3.8, 4) is 5.75 Å². The third-order valence-corrected chi connectivity index (χ3v) is 14.2. The summed E-state index contributed by atoms with van der Waals surface area (Å²) < 4.78 is 30.3. The Hall–Kier alpha value is -3.28. The molecule has 3 saturated heterocycles. The van der Waals surface area contributed by atoms with Crippen LogP contribution < -0.4 is 9.84 Å². The van der Waals surface area contributed by atoms with Gasteiger partial charge in [0.1, 0.15) is 18.8 Å². The van der Waals surface area contributed by atoms with Gasteiger partial charge in [0.15, 0.2) is 6.10 Å². The van der Waals surface area contributed by atoms with Crippen molar-refractivity contribution in [2.24, 2.45) is 11.8 Å². The molecule has 2 bridgehead atoms. The van der Waals surface area contributed by atoms with E-state index < -0.39 is 13.9 Å². The van der Waals surface area contributed by atoms with Crippen LogP contribution in [0.2, 0.25) is 0 Å². The standard InChI is InChI=1S/C48H68N3O8P/c52-44(34-49-27-12-1-2-13-31-57-32-14-11-17-37-15-5-3-6-16-37)41-22-23-45(59-60(54,55)56)42(33-41)35-51-29-25-39(26-30-51)46(36-51)58-48(53)50-28-24-38-18-9-10-21-43(38)47(50)40-19-7-4-8-20-40/h3,5-6,9-10,15-16,18,21-23,33,39-40,44,46-47,49,52H,1-2,4,7-8,11-14,17,19-20,24-32,34-36H2,(H-,54,55,56)/p+1. The van der Waals surface area contributed by atoms with Crippen molar-refractivity contribution < 1.29 is 42.7 Å². The molecule has 0 radical (unpaired) electrons. The van der Waals surface area contributed by atoms with Gasteiger partial charge in [0.2, 0.25) is 0 Å². The molecule has 8 rings (SSSR count).